The van der Waals surface area contributed by atoms with Crippen LogP contribution in [0, 0.1) is 10.1 Å². The third kappa shape index (κ3) is 5.08. The maximum absolute atomic E-state index is 11.7. The van der Waals surface area contributed by atoms with Crippen LogP contribution in [0.4, 0.5) is 11.4 Å². The lowest BCUT2D eigenvalue weighted by atomic mass is 10.0. The highest BCUT2D eigenvalue weighted by Crippen LogP contribution is 2.28. The summed E-state index contributed by atoms with van der Waals surface area (Å²) in [6, 6.07) is 13.1. The number of likely N-dealkylation sites (tertiary alicyclic amines) is 1. The van der Waals surface area contributed by atoms with E-state index >= 15 is 0 Å². The molecule has 7 nitrogen and oxygen atoms in total. The summed E-state index contributed by atoms with van der Waals surface area (Å²) in [6.07, 6.45) is 1.82. The molecule has 8 heteroatoms. The van der Waals surface area contributed by atoms with E-state index in [4.69, 9.17) is 0 Å². The Bertz CT molecular complexity index is 849. The Labute approximate surface area is 172 Å². The number of benzene rings is 2. The predicted octanol–water partition coefficient (Wildman–Crippen LogP) is 3.79. The molecule has 0 radical (unpaired) electrons. The lowest BCUT2D eigenvalue weighted by Gasteiger charge is -2.32. The van der Waals surface area contributed by atoms with Gasteiger partial charge in [-0.25, -0.2) is 0 Å². The fourth-order valence-electron chi connectivity index (χ4n) is 3.39. The van der Waals surface area contributed by atoms with E-state index in [2.05, 4.69) is 43.6 Å². The van der Waals surface area contributed by atoms with Gasteiger partial charge in [0.05, 0.1) is 4.92 Å². The first-order valence-corrected chi connectivity index (χ1v) is 9.99. The van der Waals surface area contributed by atoms with Crippen molar-refractivity contribution in [2.45, 2.75) is 25.4 Å². The molecule has 0 aliphatic carbocycles. The van der Waals surface area contributed by atoms with E-state index in [9.17, 15) is 14.9 Å². The molecule has 1 heterocycles. The van der Waals surface area contributed by atoms with Crippen LogP contribution >= 0.6 is 15.9 Å². The van der Waals surface area contributed by atoms with Crippen LogP contribution in [-0.4, -0.2) is 41.9 Å². The molecule has 1 amide bonds. The molecule has 1 fully saturated rings. The second-order valence-electron chi connectivity index (χ2n) is 6.89. The van der Waals surface area contributed by atoms with Gasteiger partial charge in [-0.05, 0) is 42.7 Å². The SMILES string of the molecule is CNC(=O)c1ccc(NC2CCN(Cc3ccc(Br)cc3)CC2)c([N+](=O)[O-])c1. The molecule has 0 saturated carbocycles. The van der Waals surface area contributed by atoms with Crippen molar-refractivity contribution in [3.05, 3.63) is 68.2 Å². The largest absolute Gasteiger partial charge is 0.377 e. The van der Waals surface area contributed by atoms with Gasteiger partial charge in [-0.15, -0.1) is 0 Å². The van der Waals surface area contributed by atoms with Gasteiger partial charge in [0, 0.05) is 48.8 Å². The molecule has 148 valence electrons. The lowest BCUT2D eigenvalue weighted by Crippen LogP contribution is -2.38. The van der Waals surface area contributed by atoms with Crippen molar-refractivity contribution in [1.82, 2.24) is 10.2 Å². The van der Waals surface area contributed by atoms with Crippen LogP contribution in [0.2, 0.25) is 0 Å². The third-order valence-electron chi connectivity index (χ3n) is 4.95. The first kappa shape index (κ1) is 20.3. The molecule has 3 rings (SSSR count). The van der Waals surface area contributed by atoms with Gasteiger partial charge in [0.15, 0.2) is 0 Å². The summed E-state index contributed by atoms with van der Waals surface area (Å²) in [5.41, 5.74) is 1.95. The van der Waals surface area contributed by atoms with Crippen LogP contribution in [0.5, 0.6) is 0 Å². The van der Waals surface area contributed by atoms with Gasteiger partial charge in [0.2, 0.25) is 0 Å². The van der Waals surface area contributed by atoms with Crippen molar-refractivity contribution in [3.8, 4) is 0 Å². The second-order valence-corrected chi connectivity index (χ2v) is 7.81. The fraction of sp³-hybridized carbons (Fsp3) is 0.350. The number of anilines is 1. The number of nitrogens with one attached hydrogen (secondary N) is 2. The van der Waals surface area contributed by atoms with Crippen molar-refractivity contribution < 1.29 is 9.72 Å². The minimum Gasteiger partial charge on any atom is -0.377 e. The minimum absolute atomic E-state index is 0.0709. The first-order chi connectivity index (χ1) is 13.5. The van der Waals surface area contributed by atoms with Crippen molar-refractivity contribution in [3.63, 3.8) is 0 Å². The average molecular weight is 447 g/mol. The number of carbonyl (C=O) groups is 1. The summed E-state index contributed by atoms with van der Waals surface area (Å²) < 4.78 is 1.07. The molecule has 0 spiro atoms. The van der Waals surface area contributed by atoms with Gasteiger partial charge >= 0.3 is 0 Å². The molecular formula is C20H23BrN4O3. The highest BCUT2D eigenvalue weighted by atomic mass is 79.9. The standard InChI is InChI=1S/C20H23BrN4O3/c1-22-20(26)15-4-7-18(19(12-15)25(27)28)23-17-8-10-24(11-9-17)13-14-2-5-16(21)6-3-14/h2-7,12,17,23H,8-11,13H2,1H3,(H,22,26). The maximum atomic E-state index is 11.7. The quantitative estimate of drug-likeness (QED) is 0.520. The molecular weight excluding hydrogens is 424 g/mol. The Kier molecular flexibility index (Phi) is 6.64. The Morgan fingerprint density at radius 2 is 1.89 bits per heavy atom. The van der Waals surface area contributed by atoms with Gasteiger partial charge in [0.25, 0.3) is 11.6 Å². The summed E-state index contributed by atoms with van der Waals surface area (Å²) in [5.74, 6) is -0.337. The van der Waals surface area contributed by atoms with Crippen molar-refractivity contribution in [2.75, 3.05) is 25.5 Å². The van der Waals surface area contributed by atoms with Gasteiger partial charge in [-0.3, -0.25) is 19.8 Å². The van der Waals surface area contributed by atoms with E-state index in [0.717, 1.165) is 36.9 Å². The van der Waals surface area contributed by atoms with Crippen LogP contribution in [0.1, 0.15) is 28.8 Å². The number of nitro groups is 1. The van der Waals surface area contributed by atoms with Crippen molar-refractivity contribution in [2.24, 2.45) is 0 Å². The van der Waals surface area contributed by atoms with Gasteiger partial charge < -0.3 is 10.6 Å². The predicted molar refractivity (Wildman–Crippen MR) is 113 cm³/mol. The molecule has 0 aromatic heterocycles. The zero-order chi connectivity index (χ0) is 20.1. The zero-order valence-corrected chi connectivity index (χ0v) is 17.2. The highest BCUT2D eigenvalue weighted by molar-refractivity contribution is 9.10. The van der Waals surface area contributed by atoms with Crippen LogP contribution in [0.15, 0.2) is 46.9 Å². The normalized spacial score (nSPS) is 15.2. The van der Waals surface area contributed by atoms with E-state index in [0.29, 0.717) is 5.69 Å². The Morgan fingerprint density at radius 1 is 1.21 bits per heavy atom. The number of nitro benzene ring substituents is 1. The number of rotatable bonds is 6. The first-order valence-electron chi connectivity index (χ1n) is 9.20. The number of hydrogen-bond donors (Lipinski definition) is 2. The Balaban J connectivity index is 1.60. The summed E-state index contributed by atoms with van der Waals surface area (Å²) in [4.78, 5) is 25.1. The van der Waals surface area contributed by atoms with E-state index in [-0.39, 0.29) is 23.2 Å². The molecule has 2 aromatic carbocycles. The maximum Gasteiger partial charge on any atom is 0.293 e. The monoisotopic (exact) mass is 446 g/mol. The summed E-state index contributed by atoms with van der Waals surface area (Å²) in [6.45, 7) is 2.76. The number of amides is 1. The molecule has 2 N–H and O–H groups in total. The molecule has 1 saturated heterocycles. The number of nitrogens with zero attached hydrogens (tertiary/aromatic N) is 2. The summed E-state index contributed by atoms with van der Waals surface area (Å²) >= 11 is 3.45. The van der Waals surface area contributed by atoms with Crippen molar-refractivity contribution >= 4 is 33.2 Å². The summed E-state index contributed by atoms with van der Waals surface area (Å²) in [5, 5.41) is 17.2. The Morgan fingerprint density at radius 3 is 2.50 bits per heavy atom. The smallest absolute Gasteiger partial charge is 0.293 e. The van der Waals surface area contributed by atoms with E-state index in [1.165, 1.54) is 18.7 Å². The van der Waals surface area contributed by atoms with Gasteiger partial charge in [-0.2, -0.15) is 0 Å². The fourth-order valence-corrected chi connectivity index (χ4v) is 3.66. The molecule has 2 aromatic rings. The minimum atomic E-state index is -0.447. The van der Waals surface area contributed by atoms with E-state index in [1.54, 1.807) is 12.1 Å². The highest BCUT2D eigenvalue weighted by Gasteiger charge is 2.23. The number of halogens is 1. The molecule has 0 bridgehead atoms. The van der Waals surface area contributed by atoms with Crippen LogP contribution < -0.4 is 10.6 Å². The molecule has 1 aliphatic rings. The van der Waals surface area contributed by atoms with Gasteiger partial charge in [-0.1, -0.05) is 28.1 Å². The molecule has 0 unspecified atom stereocenters. The van der Waals surface area contributed by atoms with E-state index in [1.807, 2.05) is 12.1 Å². The molecule has 1 aliphatic heterocycles. The van der Waals surface area contributed by atoms with Gasteiger partial charge in [0.1, 0.15) is 5.69 Å². The third-order valence-corrected chi connectivity index (χ3v) is 5.48. The average Bonchev–Trinajstić information content (AvgIpc) is 2.70. The topological polar surface area (TPSA) is 87.5 Å². The van der Waals surface area contributed by atoms with E-state index < -0.39 is 4.92 Å². The zero-order valence-electron chi connectivity index (χ0n) is 15.7. The Hall–Kier alpha value is -2.45. The molecule has 0 atom stereocenters. The number of carbonyl (C=O) groups excluding carboxylic acids is 1. The molecule has 28 heavy (non-hydrogen) atoms. The number of hydrogen-bond acceptors (Lipinski definition) is 5. The van der Waals surface area contributed by atoms with Crippen LogP contribution in [0.25, 0.3) is 0 Å². The van der Waals surface area contributed by atoms with Crippen LogP contribution in [-0.2, 0) is 6.54 Å². The lowest BCUT2D eigenvalue weighted by molar-refractivity contribution is -0.384. The van der Waals surface area contributed by atoms with Crippen LogP contribution in [0.3, 0.4) is 0 Å². The number of piperidine rings is 1. The summed E-state index contributed by atoms with van der Waals surface area (Å²) in [7, 11) is 1.50. The second kappa shape index (κ2) is 9.16. The van der Waals surface area contributed by atoms with Crippen molar-refractivity contribution in [1.29, 1.82) is 0 Å².